The molecule has 0 bridgehead atoms. The first-order valence-corrected chi connectivity index (χ1v) is 7.51. The highest BCUT2D eigenvalue weighted by Crippen LogP contribution is 2.32. The quantitative estimate of drug-likeness (QED) is 0.788. The molecular weight excluding hydrogens is 325 g/mol. The van der Waals surface area contributed by atoms with Crippen molar-refractivity contribution >= 4 is 33.3 Å². The van der Waals surface area contributed by atoms with E-state index >= 15 is 0 Å². The minimum Gasteiger partial charge on any atom is -0.311 e. The van der Waals surface area contributed by atoms with Crippen LogP contribution < -0.4 is 4.90 Å². The lowest BCUT2D eigenvalue weighted by Gasteiger charge is -2.32. The zero-order valence-electron chi connectivity index (χ0n) is 11.5. The lowest BCUT2D eigenvalue weighted by molar-refractivity contribution is -0.135. The van der Waals surface area contributed by atoms with Gasteiger partial charge in [0.05, 0.1) is 11.6 Å². The van der Waals surface area contributed by atoms with Crippen molar-refractivity contribution in [3.05, 3.63) is 28.5 Å². The number of benzene rings is 1. The van der Waals surface area contributed by atoms with E-state index in [1.165, 1.54) is 12.1 Å². The van der Waals surface area contributed by atoms with E-state index in [4.69, 9.17) is 0 Å². The zero-order chi connectivity index (χ0) is 14.9. The van der Waals surface area contributed by atoms with Crippen LogP contribution in [0.4, 0.5) is 10.1 Å². The van der Waals surface area contributed by atoms with E-state index in [1.54, 1.807) is 11.0 Å². The molecule has 1 saturated heterocycles. The second kappa shape index (κ2) is 6.04. The van der Waals surface area contributed by atoms with Crippen LogP contribution in [0.2, 0.25) is 0 Å². The van der Waals surface area contributed by atoms with Crippen molar-refractivity contribution in [3.8, 4) is 0 Å². The fourth-order valence-corrected chi connectivity index (χ4v) is 3.05. The van der Waals surface area contributed by atoms with Gasteiger partial charge in [0.15, 0.2) is 0 Å². The summed E-state index contributed by atoms with van der Waals surface area (Å²) in [5.41, 5.74) is 0.623. The van der Waals surface area contributed by atoms with Gasteiger partial charge in [-0.15, -0.1) is 0 Å². The summed E-state index contributed by atoms with van der Waals surface area (Å²) in [7, 11) is 0. The van der Waals surface area contributed by atoms with Crippen molar-refractivity contribution in [2.24, 2.45) is 11.8 Å². The molecule has 1 aliphatic rings. The van der Waals surface area contributed by atoms with Gasteiger partial charge in [-0.2, -0.15) is 0 Å². The average molecular weight is 342 g/mol. The Labute approximate surface area is 126 Å². The zero-order valence-corrected chi connectivity index (χ0v) is 13.1. The van der Waals surface area contributed by atoms with Crippen molar-refractivity contribution in [1.29, 1.82) is 0 Å². The third-order valence-electron chi connectivity index (χ3n) is 3.55. The first kappa shape index (κ1) is 15.2. The Kier molecular flexibility index (Phi) is 4.58. The number of piperidine rings is 1. The molecule has 5 heteroatoms. The van der Waals surface area contributed by atoms with Crippen molar-refractivity contribution < 1.29 is 14.0 Å². The summed E-state index contributed by atoms with van der Waals surface area (Å²) in [6.45, 7) is 4.18. The normalized spacial score (nSPS) is 19.6. The molecule has 1 aliphatic heterocycles. The first-order chi connectivity index (χ1) is 9.41. The summed E-state index contributed by atoms with van der Waals surface area (Å²) in [6, 6.07) is 4.22. The fourth-order valence-electron chi connectivity index (χ4n) is 2.48. The van der Waals surface area contributed by atoms with E-state index in [0.29, 0.717) is 23.1 Å². The van der Waals surface area contributed by atoms with E-state index < -0.39 is 5.92 Å². The minimum atomic E-state index is -0.569. The number of nitrogens with zero attached hydrogens (tertiary/aromatic N) is 1. The molecule has 3 nitrogen and oxygen atoms in total. The summed E-state index contributed by atoms with van der Waals surface area (Å²) in [6.07, 6.45) is 1.38. The molecule has 0 aromatic heterocycles. The molecule has 0 N–H and O–H groups in total. The van der Waals surface area contributed by atoms with E-state index in [2.05, 4.69) is 15.9 Å². The molecule has 1 atom stereocenters. The molecule has 0 radical (unpaired) electrons. The smallest absolute Gasteiger partial charge is 0.237 e. The van der Waals surface area contributed by atoms with Gasteiger partial charge < -0.3 is 4.90 Å². The maximum absolute atomic E-state index is 13.1. The highest BCUT2D eigenvalue weighted by atomic mass is 79.9. The number of Topliss-reactive ketones (excluding diaryl/α,β-unsaturated/α-hetero) is 1. The van der Waals surface area contributed by atoms with Gasteiger partial charge in [0.1, 0.15) is 11.6 Å². The number of hydrogen-bond acceptors (Lipinski definition) is 2. The van der Waals surface area contributed by atoms with Crippen LogP contribution >= 0.6 is 15.9 Å². The summed E-state index contributed by atoms with van der Waals surface area (Å²) in [5.74, 6) is -1.28. The highest BCUT2D eigenvalue weighted by Gasteiger charge is 2.36. The standard InChI is InChI=1S/C15H17BrFNO2/c1-9(2)14(19)11-4-3-7-18(15(11)20)13-6-5-10(17)8-12(13)16/h5-6,8-9,11H,3-4,7H2,1-2H3/t11-/m1/s1. The Hall–Kier alpha value is -1.23. The molecule has 1 aromatic rings. The summed E-state index contributed by atoms with van der Waals surface area (Å²) < 4.78 is 13.7. The number of hydrogen-bond donors (Lipinski definition) is 0. The minimum absolute atomic E-state index is 0.0158. The molecule has 1 aromatic carbocycles. The van der Waals surface area contributed by atoms with Crippen LogP contribution in [0.3, 0.4) is 0 Å². The molecule has 0 spiro atoms. The van der Waals surface area contributed by atoms with E-state index in [1.807, 2.05) is 13.8 Å². The number of halogens is 2. The summed E-state index contributed by atoms with van der Waals surface area (Å²) in [5, 5.41) is 0. The molecule has 1 heterocycles. The molecular formula is C15H17BrFNO2. The average Bonchev–Trinajstić information content (AvgIpc) is 2.39. The van der Waals surface area contributed by atoms with E-state index in [0.717, 1.165) is 6.42 Å². The summed E-state index contributed by atoms with van der Waals surface area (Å²) in [4.78, 5) is 26.2. The second-order valence-electron chi connectivity index (χ2n) is 5.34. The number of anilines is 1. The Morgan fingerprint density at radius 2 is 2.15 bits per heavy atom. The lowest BCUT2D eigenvalue weighted by atomic mass is 9.87. The number of ketones is 1. The van der Waals surface area contributed by atoms with Crippen LogP contribution in [0.25, 0.3) is 0 Å². The second-order valence-corrected chi connectivity index (χ2v) is 6.19. The van der Waals surface area contributed by atoms with Gasteiger partial charge in [-0.3, -0.25) is 9.59 Å². The van der Waals surface area contributed by atoms with Gasteiger partial charge >= 0.3 is 0 Å². The monoisotopic (exact) mass is 341 g/mol. The van der Waals surface area contributed by atoms with Gasteiger partial charge in [0.2, 0.25) is 5.91 Å². The molecule has 2 rings (SSSR count). The number of carbonyl (C=O) groups is 2. The third-order valence-corrected chi connectivity index (χ3v) is 4.19. The van der Waals surface area contributed by atoms with Crippen LogP contribution in [-0.4, -0.2) is 18.2 Å². The molecule has 0 saturated carbocycles. The van der Waals surface area contributed by atoms with Crippen LogP contribution in [0.15, 0.2) is 22.7 Å². The molecule has 0 aliphatic carbocycles. The molecule has 1 amide bonds. The molecule has 20 heavy (non-hydrogen) atoms. The van der Waals surface area contributed by atoms with Gasteiger partial charge in [-0.25, -0.2) is 4.39 Å². The SMILES string of the molecule is CC(C)C(=O)[C@H]1CCCN(c2ccc(F)cc2Br)C1=O. The maximum atomic E-state index is 13.1. The first-order valence-electron chi connectivity index (χ1n) is 6.72. The molecule has 108 valence electrons. The fraction of sp³-hybridized carbons (Fsp3) is 0.467. The molecule has 1 fully saturated rings. The van der Waals surface area contributed by atoms with Crippen molar-refractivity contribution in [2.75, 3.05) is 11.4 Å². The van der Waals surface area contributed by atoms with Crippen LogP contribution in [0.5, 0.6) is 0 Å². The van der Waals surface area contributed by atoms with Crippen molar-refractivity contribution in [1.82, 2.24) is 0 Å². The predicted octanol–water partition coefficient (Wildman–Crippen LogP) is 3.56. The predicted molar refractivity (Wildman–Crippen MR) is 79.0 cm³/mol. The lowest BCUT2D eigenvalue weighted by Crippen LogP contribution is -2.45. The largest absolute Gasteiger partial charge is 0.311 e. The third kappa shape index (κ3) is 2.92. The van der Waals surface area contributed by atoms with Gasteiger partial charge in [0, 0.05) is 16.9 Å². The maximum Gasteiger partial charge on any atom is 0.237 e. The Morgan fingerprint density at radius 1 is 1.45 bits per heavy atom. The van der Waals surface area contributed by atoms with Crippen molar-refractivity contribution in [2.45, 2.75) is 26.7 Å². The van der Waals surface area contributed by atoms with Crippen LogP contribution in [0.1, 0.15) is 26.7 Å². The topological polar surface area (TPSA) is 37.4 Å². The van der Waals surface area contributed by atoms with Crippen LogP contribution in [0, 0.1) is 17.7 Å². The highest BCUT2D eigenvalue weighted by molar-refractivity contribution is 9.10. The Bertz CT molecular complexity index is 545. The van der Waals surface area contributed by atoms with E-state index in [-0.39, 0.29) is 23.4 Å². The Balaban J connectivity index is 2.28. The van der Waals surface area contributed by atoms with Crippen LogP contribution in [-0.2, 0) is 9.59 Å². The van der Waals surface area contributed by atoms with Gasteiger partial charge in [-0.1, -0.05) is 13.8 Å². The van der Waals surface area contributed by atoms with Gasteiger partial charge in [0.25, 0.3) is 0 Å². The van der Waals surface area contributed by atoms with E-state index in [9.17, 15) is 14.0 Å². The molecule has 0 unspecified atom stereocenters. The number of rotatable bonds is 3. The summed E-state index contributed by atoms with van der Waals surface area (Å²) >= 11 is 3.28. The Morgan fingerprint density at radius 3 is 2.75 bits per heavy atom. The van der Waals surface area contributed by atoms with Crippen molar-refractivity contribution in [3.63, 3.8) is 0 Å². The number of amides is 1. The number of carbonyl (C=O) groups excluding carboxylic acids is 2. The van der Waals surface area contributed by atoms with Gasteiger partial charge in [-0.05, 0) is 47.0 Å².